The number of nitrogens with zero attached hydrogens (tertiary/aromatic N) is 2. The number of nitrogens with two attached hydrogens (primary N) is 1. The minimum atomic E-state index is -0.109. The molecule has 2 rings (SSSR count). The van der Waals surface area contributed by atoms with Crippen LogP contribution in [0.3, 0.4) is 0 Å². The molecule has 108 valence electrons. The average molecular weight is 282 g/mol. The second kappa shape index (κ2) is 7.88. The smallest absolute Gasteiger partial charge is 0.252 e. The summed E-state index contributed by atoms with van der Waals surface area (Å²) in [7, 11) is 0. The van der Waals surface area contributed by atoms with Crippen LogP contribution in [0.5, 0.6) is 0 Å². The highest BCUT2D eigenvalue weighted by molar-refractivity contribution is 5.96. The fourth-order valence-corrected chi connectivity index (χ4v) is 1.91. The first-order chi connectivity index (χ1) is 10.3. The molecule has 0 aliphatic carbocycles. The second-order valence-corrected chi connectivity index (χ2v) is 4.46. The quantitative estimate of drug-likeness (QED) is 0.635. The van der Waals surface area contributed by atoms with Gasteiger partial charge in [0.25, 0.3) is 5.91 Å². The summed E-state index contributed by atoms with van der Waals surface area (Å²) in [6.07, 6.45) is 6.25. The molecule has 1 amide bonds. The molecule has 2 aromatic rings. The average Bonchev–Trinajstić information content (AvgIpc) is 3.03. The first-order valence-corrected chi connectivity index (χ1v) is 6.83. The Morgan fingerprint density at radius 2 is 2.24 bits per heavy atom. The Kier molecular flexibility index (Phi) is 5.56. The Hall–Kier alpha value is -2.58. The van der Waals surface area contributed by atoms with Gasteiger partial charge in [-0.3, -0.25) is 4.79 Å². The Morgan fingerprint density at radius 3 is 3.00 bits per heavy atom. The van der Waals surface area contributed by atoms with E-state index >= 15 is 0 Å². The van der Waals surface area contributed by atoms with E-state index in [0.717, 1.165) is 13.0 Å². The van der Waals surface area contributed by atoms with Crippen molar-refractivity contribution in [3.8, 4) is 11.8 Å². The number of nitrogens with one attached hydrogen (secondary N) is 1. The first kappa shape index (κ1) is 14.8. The second-order valence-electron chi connectivity index (χ2n) is 4.46. The summed E-state index contributed by atoms with van der Waals surface area (Å²) in [6, 6.07) is 7.28. The lowest BCUT2D eigenvalue weighted by Crippen LogP contribution is -2.26. The third-order valence-electron chi connectivity index (χ3n) is 2.93. The standard InChI is InChI=1S/C16H18N4O/c17-8-3-6-14-5-1-2-7-15(14)16(21)19-9-4-11-20-12-10-18-13-20/h1-2,5,7,10,12-13H,4,8-9,11,17H2,(H,19,21). The summed E-state index contributed by atoms with van der Waals surface area (Å²) in [4.78, 5) is 16.1. The predicted octanol–water partition coefficient (Wildman–Crippen LogP) is 1.01. The molecule has 5 heteroatoms. The lowest BCUT2D eigenvalue weighted by atomic mass is 10.1. The number of carbonyl (C=O) groups is 1. The summed E-state index contributed by atoms with van der Waals surface area (Å²) in [5.74, 6) is 5.58. The minimum absolute atomic E-state index is 0.109. The van der Waals surface area contributed by atoms with Gasteiger partial charge >= 0.3 is 0 Å². The van der Waals surface area contributed by atoms with E-state index in [-0.39, 0.29) is 12.5 Å². The molecule has 1 heterocycles. The predicted molar refractivity (Wildman–Crippen MR) is 81.6 cm³/mol. The number of rotatable bonds is 5. The number of carbonyl (C=O) groups excluding carboxylic acids is 1. The third-order valence-corrected chi connectivity index (χ3v) is 2.93. The van der Waals surface area contributed by atoms with Crippen molar-refractivity contribution in [2.75, 3.05) is 13.1 Å². The van der Waals surface area contributed by atoms with Gasteiger partial charge in [0.1, 0.15) is 0 Å². The van der Waals surface area contributed by atoms with Crippen LogP contribution in [0.15, 0.2) is 43.0 Å². The molecule has 1 aromatic heterocycles. The fourth-order valence-electron chi connectivity index (χ4n) is 1.91. The lowest BCUT2D eigenvalue weighted by molar-refractivity contribution is 0.0952. The summed E-state index contributed by atoms with van der Waals surface area (Å²) < 4.78 is 1.98. The highest BCUT2D eigenvalue weighted by Crippen LogP contribution is 2.07. The Bertz CT molecular complexity index is 638. The van der Waals surface area contributed by atoms with Crippen LogP contribution in [0.1, 0.15) is 22.3 Å². The van der Waals surface area contributed by atoms with Gasteiger partial charge in [-0.05, 0) is 18.6 Å². The van der Waals surface area contributed by atoms with Crippen molar-refractivity contribution in [3.63, 3.8) is 0 Å². The van der Waals surface area contributed by atoms with E-state index < -0.39 is 0 Å². The molecule has 3 N–H and O–H groups in total. The molecule has 0 saturated carbocycles. The maximum absolute atomic E-state index is 12.2. The van der Waals surface area contributed by atoms with Crippen LogP contribution < -0.4 is 11.1 Å². The molecule has 1 aromatic carbocycles. The molecular weight excluding hydrogens is 264 g/mol. The number of benzene rings is 1. The van der Waals surface area contributed by atoms with E-state index in [4.69, 9.17) is 5.73 Å². The van der Waals surface area contributed by atoms with E-state index in [1.807, 2.05) is 29.0 Å². The van der Waals surface area contributed by atoms with E-state index in [0.29, 0.717) is 17.7 Å². The largest absolute Gasteiger partial charge is 0.352 e. The van der Waals surface area contributed by atoms with Crippen molar-refractivity contribution >= 4 is 5.91 Å². The molecular formula is C16H18N4O. The number of amides is 1. The van der Waals surface area contributed by atoms with Gasteiger partial charge in [-0.15, -0.1) is 0 Å². The number of hydrogen-bond donors (Lipinski definition) is 2. The third kappa shape index (κ3) is 4.48. The molecule has 0 unspecified atom stereocenters. The van der Waals surface area contributed by atoms with Crippen LogP contribution in [0.4, 0.5) is 0 Å². The van der Waals surface area contributed by atoms with Crippen LogP contribution >= 0.6 is 0 Å². The van der Waals surface area contributed by atoms with Crippen molar-refractivity contribution in [1.82, 2.24) is 14.9 Å². The van der Waals surface area contributed by atoms with Gasteiger partial charge in [-0.2, -0.15) is 0 Å². The maximum Gasteiger partial charge on any atom is 0.252 e. The Balaban J connectivity index is 1.88. The van der Waals surface area contributed by atoms with Gasteiger partial charge in [0, 0.05) is 31.0 Å². The summed E-state index contributed by atoms with van der Waals surface area (Å²) in [5.41, 5.74) is 6.65. The van der Waals surface area contributed by atoms with E-state index in [1.165, 1.54) is 0 Å². The monoisotopic (exact) mass is 282 g/mol. The van der Waals surface area contributed by atoms with Gasteiger partial charge in [-0.25, -0.2) is 4.98 Å². The molecule has 0 aliphatic rings. The van der Waals surface area contributed by atoms with Gasteiger partial charge in [0.15, 0.2) is 0 Å². The van der Waals surface area contributed by atoms with Gasteiger partial charge in [-0.1, -0.05) is 24.0 Å². The van der Waals surface area contributed by atoms with Crippen molar-refractivity contribution in [1.29, 1.82) is 0 Å². The van der Waals surface area contributed by atoms with Crippen LogP contribution in [0.2, 0.25) is 0 Å². The zero-order valence-electron chi connectivity index (χ0n) is 11.7. The van der Waals surface area contributed by atoms with Crippen molar-refractivity contribution < 1.29 is 4.79 Å². The molecule has 0 saturated heterocycles. The molecule has 0 spiro atoms. The summed E-state index contributed by atoms with van der Waals surface area (Å²) in [6.45, 7) is 1.71. The number of hydrogen-bond acceptors (Lipinski definition) is 3. The maximum atomic E-state index is 12.2. The van der Waals surface area contributed by atoms with Crippen LogP contribution in [0, 0.1) is 11.8 Å². The molecule has 0 fully saturated rings. The van der Waals surface area contributed by atoms with Gasteiger partial charge in [0.2, 0.25) is 0 Å². The molecule has 0 bridgehead atoms. The zero-order valence-corrected chi connectivity index (χ0v) is 11.7. The molecule has 0 radical (unpaired) electrons. The van der Waals surface area contributed by atoms with Crippen LogP contribution in [-0.4, -0.2) is 28.5 Å². The topological polar surface area (TPSA) is 72.9 Å². The minimum Gasteiger partial charge on any atom is -0.352 e. The fraction of sp³-hybridized carbons (Fsp3) is 0.250. The van der Waals surface area contributed by atoms with Crippen LogP contribution in [0.25, 0.3) is 0 Å². The van der Waals surface area contributed by atoms with Gasteiger partial charge < -0.3 is 15.6 Å². The van der Waals surface area contributed by atoms with Crippen molar-refractivity contribution in [2.24, 2.45) is 5.73 Å². The molecule has 21 heavy (non-hydrogen) atoms. The lowest BCUT2D eigenvalue weighted by Gasteiger charge is -2.07. The SMILES string of the molecule is NCC#Cc1ccccc1C(=O)NCCCn1ccnc1. The molecule has 0 aliphatic heterocycles. The van der Waals surface area contributed by atoms with E-state index in [9.17, 15) is 4.79 Å². The van der Waals surface area contributed by atoms with E-state index in [1.54, 1.807) is 18.6 Å². The van der Waals surface area contributed by atoms with Crippen molar-refractivity contribution in [2.45, 2.75) is 13.0 Å². The number of aryl methyl sites for hydroxylation is 1. The zero-order chi connectivity index (χ0) is 14.9. The van der Waals surface area contributed by atoms with Crippen LogP contribution in [-0.2, 0) is 6.54 Å². The molecule has 0 atom stereocenters. The number of imidazole rings is 1. The summed E-state index contributed by atoms with van der Waals surface area (Å²) >= 11 is 0. The number of aromatic nitrogens is 2. The van der Waals surface area contributed by atoms with E-state index in [2.05, 4.69) is 22.1 Å². The van der Waals surface area contributed by atoms with Gasteiger partial charge in [0.05, 0.1) is 18.4 Å². The highest BCUT2D eigenvalue weighted by Gasteiger charge is 2.08. The Morgan fingerprint density at radius 1 is 1.38 bits per heavy atom. The first-order valence-electron chi connectivity index (χ1n) is 6.83. The summed E-state index contributed by atoms with van der Waals surface area (Å²) in [5, 5.41) is 2.91. The highest BCUT2D eigenvalue weighted by atomic mass is 16.1. The Labute approximate surface area is 124 Å². The van der Waals surface area contributed by atoms with Crippen molar-refractivity contribution in [3.05, 3.63) is 54.1 Å². The normalized spacial score (nSPS) is 9.76. The molecule has 5 nitrogen and oxygen atoms in total.